The normalized spacial score (nSPS) is 23.4. The molecule has 0 bridgehead atoms. The van der Waals surface area contributed by atoms with Crippen molar-refractivity contribution in [3.8, 4) is 0 Å². The van der Waals surface area contributed by atoms with Crippen LogP contribution in [0, 0.1) is 6.07 Å². The number of piperazine rings is 1. The fraction of sp³-hybridized carbons (Fsp3) is 0.600. The van der Waals surface area contributed by atoms with Crippen LogP contribution in [0.5, 0.6) is 0 Å². The van der Waals surface area contributed by atoms with Crippen LogP contribution in [0.3, 0.4) is 0 Å². The highest BCUT2D eigenvalue weighted by molar-refractivity contribution is 5.84. The van der Waals surface area contributed by atoms with E-state index in [2.05, 4.69) is 43.9 Å². The van der Waals surface area contributed by atoms with Gasteiger partial charge in [0.15, 0.2) is 0 Å². The third-order valence-corrected chi connectivity index (χ3v) is 5.87. The zero-order chi connectivity index (χ0) is 16.6. The monoisotopic (exact) mass is 339 g/mol. The fourth-order valence-electron chi connectivity index (χ4n) is 4.26. The standard InChI is InChI=1S/C20H27N4O/c1-2-4-20-19(3-1)17(15-21-11-13-25-14-12-21)16-24(20)23-9-7-22(8-10-23)18-5-6-18/h1,3-4,16,18H,5-15H2. The number of aromatic nitrogens is 1. The molecule has 3 fully saturated rings. The summed E-state index contributed by atoms with van der Waals surface area (Å²) in [6, 6.07) is 10.6. The molecule has 0 N–H and O–H groups in total. The van der Waals surface area contributed by atoms with Crippen LogP contribution in [-0.4, -0.2) is 73.0 Å². The van der Waals surface area contributed by atoms with E-state index in [9.17, 15) is 0 Å². The number of rotatable bonds is 4. The molecule has 5 nitrogen and oxygen atoms in total. The van der Waals surface area contributed by atoms with Crippen molar-refractivity contribution in [3.05, 3.63) is 36.0 Å². The van der Waals surface area contributed by atoms with E-state index < -0.39 is 0 Å². The lowest BCUT2D eigenvalue weighted by Crippen LogP contribution is -2.51. The van der Waals surface area contributed by atoms with Crippen molar-refractivity contribution >= 4 is 10.9 Å². The summed E-state index contributed by atoms with van der Waals surface area (Å²) in [4.78, 5) is 5.17. The molecule has 2 saturated heterocycles. The van der Waals surface area contributed by atoms with Gasteiger partial charge in [-0.25, -0.2) is 0 Å². The number of hydrogen-bond donors (Lipinski definition) is 0. The molecule has 5 heteroatoms. The number of benzene rings is 1. The van der Waals surface area contributed by atoms with Crippen LogP contribution in [0.1, 0.15) is 18.4 Å². The van der Waals surface area contributed by atoms with Gasteiger partial charge >= 0.3 is 0 Å². The molecule has 0 spiro atoms. The number of ether oxygens (including phenoxy) is 1. The van der Waals surface area contributed by atoms with Gasteiger partial charge in [0.05, 0.1) is 18.7 Å². The molecule has 133 valence electrons. The topological polar surface area (TPSA) is 23.9 Å². The maximum atomic E-state index is 5.49. The van der Waals surface area contributed by atoms with Crippen LogP contribution >= 0.6 is 0 Å². The van der Waals surface area contributed by atoms with Crippen molar-refractivity contribution in [1.82, 2.24) is 14.5 Å². The van der Waals surface area contributed by atoms with Crippen LogP contribution < -0.4 is 5.01 Å². The first kappa shape index (κ1) is 15.7. The summed E-state index contributed by atoms with van der Waals surface area (Å²) in [5.41, 5.74) is 2.72. The second kappa shape index (κ2) is 6.63. The highest BCUT2D eigenvalue weighted by Gasteiger charge is 2.31. The second-order valence-electron chi connectivity index (χ2n) is 7.55. The Labute approximate surface area is 149 Å². The number of hydrogen-bond acceptors (Lipinski definition) is 4. The minimum atomic E-state index is 0.857. The molecule has 1 saturated carbocycles. The first-order chi connectivity index (χ1) is 12.4. The lowest BCUT2D eigenvalue weighted by Gasteiger charge is -2.37. The van der Waals surface area contributed by atoms with Crippen LogP contribution in [0.25, 0.3) is 10.9 Å². The minimum absolute atomic E-state index is 0.857. The van der Waals surface area contributed by atoms with Gasteiger partial charge in [-0.2, -0.15) is 0 Å². The van der Waals surface area contributed by atoms with Gasteiger partial charge in [-0.15, -0.1) is 0 Å². The van der Waals surface area contributed by atoms with Crippen molar-refractivity contribution < 1.29 is 4.74 Å². The molecule has 0 amide bonds. The maximum absolute atomic E-state index is 5.49. The van der Waals surface area contributed by atoms with Crippen molar-refractivity contribution in [2.75, 3.05) is 57.5 Å². The molecule has 0 atom stereocenters. The molecule has 3 aliphatic rings. The van der Waals surface area contributed by atoms with Crippen LogP contribution in [0.2, 0.25) is 0 Å². The molecule has 1 aliphatic carbocycles. The molecular weight excluding hydrogens is 312 g/mol. The second-order valence-corrected chi connectivity index (χ2v) is 7.55. The third-order valence-electron chi connectivity index (χ3n) is 5.87. The zero-order valence-corrected chi connectivity index (χ0v) is 14.9. The van der Waals surface area contributed by atoms with Crippen molar-refractivity contribution in [2.24, 2.45) is 0 Å². The number of morpholine rings is 1. The van der Waals surface area contributed by atoms with Gasteiger partial charge in [-0.05, 0) is 30.5 Å². The van der Waals surface area contributed by atoms with Crippen molar-refractivity contribution in [3.63, 3.8) is 0 Å². The van der Waals surface area contributed by atoms with E-state index in [1.165, 1.54) is 42.4 Å². The van der Waals surface area contributed by atoms with E-state index in [-0.39, 0.29) is 0 Å². The predicted molar refractivity (Wildman–Crippen MR) is 99.4 cm³/mol. The summed E-state index contributed by atoms with van der Waals surface area (Å²) in [7, 11) is 0. The van der Waals surface area contributed by atoms with Gasteiger partial charge in [-0.1, -0.05) is 12.1 Å². The lowest BCUT2D eigenvalue weighted by molar-refractivity contribution is 0.0343. The van der Waals surface area contributed by atoms with Gasteiger partial charge < -0.3 is 9.75 Å². The summed E-state index contributed by atoms with van der Waals surface area (Å²) in [5.74, 6) is 0. The van der Waals surface area contributed by atoms with E-state index in [1.54, 1.807) is 0 Å². The number of fused-ring (bicyclic) bond motifs is 1. The van der Waals surface area contributed by atoms with Crippen LogP contribution in [-0.2, 0) is 11.3 Å². The molecule has 1 radical (unpaired) electrons. The van der Waals surface area contributed by atoms with Gasteiger partial charge in [-0.3, -0.25) is 14.5 Å². The van der Waals surface area contributed by atoms with Gasteiger partial charge in [0, 0.05) is 63.4 Å². The highest BCUT2D eigenvalue weighted by Crippen LogP contribution is 2.28. The molecular formula is C20H27N4O. The highest BCUT2D eigenvalue weighted by atomic mass is 16.5. The van der Waals surface area contributed by atoms with E-state index in [4.69, 9.17) is 4.74 Å². The molecule has 2 aromatic rings. The third kappa shape index (κ3) is 3.16. The smallest absolute Gasteiger partial charge is 0.0704 e. The fourth-order valence-corrected chi connectivity index (χ4v) is 4.26. The van der Waals surface area contributed by atoms with Crippen molar-refractivity contribution in [2.45, 2.75) is 25.4 Å². The first-order valence-corrected chi connectivity index (χ1v) is 9.68. The Bertz CT molecular complexity index is 724. The van der Waals surface area contributed by atoms with Crippen molar-refractivity contribution in [1.29, 1.82) is 0 Å². The Balaban J connectivity index is 1.38. The quantitative estimate of drug-likeness (QED) is 0.846. The Morgan fingerprint density at radius 3 is 2.60 bits per heavy atom. The summed E-state index contributed by atoms with van der Waals surface area (Å²) < 4.78 is 7.89. The molecule has 0 unspecified atom stereocenters. The first-order valence-electron chi connectivity index (χ1n) is 9.68. The Hall–Kier alpha value is -1.56. The molecule has 1 aromatic carbocycles. The SMILES string of the molecule is [c]1ccc2c(CN3CCOCC3)cn(N3CCN(C4CC4)CC3)c2c1. The molecule has 1 aromatic heterocycles. The molecule has 5 rings (SSSR count). The Morgan fingerprint density at radius 2 is 1.84 bits per heavy atom. The van der Waals surface area contributed by atoms with Crippen LogP contribution in [0.15, 0.2) is 24.4 Å². The van der Waals surface area contributed by atoms with E-state index >= 15 is 0 Å². The lowest BCUT2D eigenvalue weighted by atomic mass is 10.1. The zero-order valence-electron chi connectivity index (χ0n) is 14.9. The average molecular weight is 339 g/mol. The molecule has 3 heterocycles. The Morgan fingerprint density at radius 1 is 1.04 bits per heavy atom. The molecule has 2 aliphatic heterocycles. The summed E-state index contributed by atoms with van der Waals surface area (Å²) in [6.07, 6.45) is 5.18. The summed E-state index contributed by atoms with van der Waals surface area (Å²) in [6.45, 7) is 9.42. The van der Waals surface area contributed by atoms with Gasteiger partial charge in [0.2, 0.25) is 0 Å². The largest absolute Gasteiger partial charge is 0.379 e. The number of nitrogens with zero attached hydrogens (tertiary/aromatic N) is 4. The predicted octanol–water partition coefficient (Wildman–Crippen LogP) is 1.69. The summed E-state index contributed by atoms with van der Waals surface area (Å²) in [5, 5.41) is 3.88. The Kier molecular flexibility index (Phi) is 4.16. The minimum Gasteiger partial charge on any atom is -0.379 e. The molecule has 25 heavy (non-hydrogen) atoms. The summed E-state index contributed by atoms with van der Waals surface area (Å²) >= 11 is 0. The van der Waals surface area contributed by atoms with E-state index in [0.29, 0.717) is 0 Å². The van der Waals surface area contributed by atoms with Crippen LogP contribution in [0.4, 0.5) is 0 Å². The van der Waals surface area contributed by atoms with Gasteiger partial charge in [0.25, 0.3) is 0 Å². The maximum Gasteiger partial charge on any atom is 0.0704 e. The average Bonchev–Trinajstić information content (AvgIpc) is 3.46. The van der Waals surface area contributed by atoms with E-state index in [0.717, 1.165) is 52.0 Å². The van der Waals surface area contributed by atoms with E-state index in [1.807, 2.05) is 6.07 Å². The van der Waals surface area contributed by atoms with Gasteiger partial charge in [0.1, 0.15) is 0 Å².